The van der Waals surface area contributed by atoms with Crippen LogP contribution in [0, 0.1) is 0 Å². The molecule has 1 saturated heterocycles. The lowest BCUT2D eigenvalue weighted by Crippen LogP contribution is -2.42. The molecule has 7 heteroatoms. The molecule has 0 N–H and O–H groups in total. The van der Waals surface area contributed by atoms with Gasteiger partial charge >= 0.3 is 5.97 Å². The van der Waals surface area contributed by atoms with Crippen molar-refractivity contribution in [3.8, 4) is 11.3 Å². The number of methoxy groups -OCH3 is 1. The molecule has 1 aliphatic heterocycles. The van der Waals surface area contributed by atoms with Crippen LogP contribution in [-0.2, 0) is 14.3 Å². The van der Waals surface area contributed by atoms with E-state index in [2.05, 4.69) is 4.74 Å². The summed E-state index contributed by atoms with van der Waals surface area (Å²) in [6, 6.07) is 12.1. The summed E-state index contributed by atoms with van der Waals surface area (Å²) < 4.78 is 10.3. The van der Waals surface area contributed by atoms with Gasteiger partial charge in [0, 0.05) is 11.6 Å². The summed E-state index contributed by atoms with van der Waals surface area (Å²) in [6.07, 6.45) is 1.50. The minimum Gasteiger partial charge on any atom is -0.467 e. The largest absolute Gasteiger partial charge is 0.467 e. The first-order valence-corrected chi connectivity index (χ1v) is 8.33. The minimum atomic E-state index is -0.972. The van der Waals surface area contributed by atoms with Crippen LogP contribution in [0.5, 0.6) is 0 Å². The summed E-state index contributed by atoms with van der Waals surface area (Å²) in [5.74, 6) is -0.0671. The third kappa shape index (κ3) is 3.36. The third-order valence-corrected chi connectivity index (χ3v) is 4.60. The maximum absolute atomic E-state index is 12.4. The van der Waals surface area contributed by atoms with Crippen molar-refractivity contribution in [3.63, 3.8) is 0 Å². The van der Waals surface area contributed by atoms with Crippen LogP contribution in [0.3, 0.4) is 0 Å². The SMILES string of the molecule is COC(=O)[C@@H](C)N1C(=O)SC(=Cc2ccc(-c3ccccc3)o2)C1=O. The van der Waals surface area contributed by atoms with Crippen molar-refractivity contribution < 1.29 is 23.5 Å². The Labute approximate surface area is 148 Å². The number of furan rings is 1. The zero-order valence-electron chi connectivity index (χ0n) is 13.6. The van der Waals surface area contributed by atoms with E-state index in [0.717, 1.165) is 22.2 Å². The second-order valence-corrected chi connectivity index (χ2v) is 6.31. The molecule has 1 aliphatic rings. The Hall–Kier alpha value is -2.80. The van der Waals surface area contributed by atoms with Crippen LogP contribution in [0.1, 0.15) is 12.7 Å². The van der Waals surface area contributed by atoms with Crippen molar-refractivity contribution in [2.24, 2.45) is 0 Å². The van der Waals surface area contributed by atoms with E-state index in [1.165, 1.54) is 20.1 Å². The summed E-state index contributed by atoms with van der Waals surface area (Å²) in [6.45, 7) is 1.45. The van der Waals surface area contributed by atoms with Crippen LogP contribution in [0.2, 0.25) is 0 Å². The third-order valence-electron chi connectivity index (χ3n) is 3.71. The van der Waals surface area contributed by atoms with Crippen LogP contribution in [0.4, 0.5) is 4.79 Å². The summed E-state index contributed by atoms with van der Waals surface area (Å²) in [7, 11) is 1.21. The monoisotopic (exact) mass is 357 g/mol. The maximum Gasteiger partial charge on any atom is 0.328 e. The van der Waals surface area contributed by atoms with E-state index >= 15 is 0 Å². The Morgan fingerprint density at radius 2 is 1.92 bits per heavy atom. The molecule has 2 aromatic rings. The lowest BCUT2D eigenvalue weighted by Gasteiger charge is -2.18. The molecule has 0 spiro atoms. The quantitative estimate of drug-likeness (QED) is 0.615. The molecule has 128 valence electrons. The van der Waals surface area contributed by atoms with E-state index in [1.807, 2.05) is 30.3 Å². The molecule has 0 unspecified atom stereocenters. The second kappa shape index (κ2) is 6.98. The van der Waals surface area contributed by atoms with Gasteiger partial charge in [-0.05, 0) is 30.8 Å². The number of thioether (sulfide) groups is 1. The van der Waals surface area contributed by atoms with E-state index in [-0.39, 0.29) is 4.91 Å². The Morgan fingerprint density at radius 3 is 2.60 bits per heavy atom. The molecule has 1 atom stereocenters. The number of nitrogens with zero attached hydrogens (tertiary/aromatic N) is 1. The predicted octanol–water partition coefficient (Wildman–Crippen LogP) is 3.54. The predicted molar refractivity (Wildman–Crippen MR) is 93.4 cm³/mol. The highest BCUT2D eigenvalue weighted by Gasteiger charge is 2.41. The van der Waals surface area contributed by atoms with Gasteiger partial charge in [-0.25, -0.2) is 4.79 Å². The average molecular weight is 357 g/mol. The van der Waals surface area contributed by atoms with E-state index < -0.39 is 23.2 Å². The fourth-order valence-corrected chi connectivity index (χ4v) is 3.30. The molecule has 25 heavy (non-hydrogen) atoms. The van der Waals surface area contributed by atoms with Gasteiger partial charge < -0.3 is 9.15 Å². The lowest BCUT2D eigenvalue weighted by molar-refractivity contribution is -0.148. The molecule has 0 radical (unpaired) electrons. The zero-order chi connectivity index (χ0) is 18.0. The standard InChI is InChI=1S/C18H15NO5S/c1-11(17(21)23-2)19-16(20)15(25-18(19)22)10-13-8-9-14(24-13)12-6-4-3-5-7-12/h3-11H,1-2H3/t11-/m1/s1. The van der Waals surface area contributed by atoms with Crippen molar-refractivity contribution >= 4 is 35.0 Å². The first-order valence-electron chi connectivity index (χ1n) is 7.51. The van der Waals surface area contributed by atoms with Gasteiger partial charge in [-0.1, -0.05) is 30.3 Å². The summed E-state index contributed by atoms with van der Waals surface area (Å²) in [4.78, 5) is 37.2. The van der Waals surface area contributed by atoms with Gasteiger partial charge in [-0.15, -0.1) is 0 Å². The number of benzene rings is 1. The minimum absolute atomic E-state index is 0.203. The van der Waals surface area contributed by atoms with Gasteiger partial charge in [0.2, 0.25) is 0 Å². The molecular weight excluding hydrogens is 342 g/mol. The number of carbonyl (C=O) groups excluding carboxylic acids is 3. The smallest absolute Gasteiger partial charge is 0.328 e. The Kier molecular flexibility index (Phi) is 4.76. The molecule has 3 rings (SSSR count). The van der Waals surface area contributed by atoms with Crippen LogP contribution < -0.4 is 0 Å². The number of ether oxygens (including phenoxy) is 1. The molecule has 2 heterocycles. The molecule has 1 aromatic heterocycles. The van der Waals surface area contributed by atoms with E-state index in [9.17, 15) is 14.4 Å². The molecule has 0 saturated carbocycles. The number of amides is 2. The Balaban J connectivity index is 1.83. The van der Waals surface area contributed by atoms with Crippen molar-refractivity contribution in [1.82, 2.24) is 4.90 Å². The Bertz CT molecular complexity index is 855. The van der Waals surface area contributed by atoms with Crippen molar-refractivity contribution in [3.05, 3.63) is 53.1 Å². The number of esters is 1. The van der Waals surface area contributed by atoms with Gasteiger partial charge in [-0.3, -0.25) is 14.5 Å². The van der Waals surface area contributed by atoms with Gasteiger partial charge in [0.25, 0.3) is 11.1 Å². The summed E-state index contributed by atoms with van der Waals surface area (Å²) >= 11 is 0.769. The number of rotatable bonds is 4. The van der Waals surface area contributed by atoms with E-state index in [0.29, 0.717) is 11.5 Å². The summed E-state index contributed by atoms with van der Waals surface area (Å²) in [5.41, 5.74) is 0.912. The van der Waals surface area contributed by atoms with Crippen molar-refractivity contribution in [2.75, 3.05) is 7.11 Å². The van der Waals surface area contributed by atoms with Crippen molar-refractivity contribution in [2.45, 2.75) is 13.0 Å². The first-order chi connectivity index (χ1) is 12.0. The maximum atomic E-state index is 12.4. The molecular formula is C18H15NO5S. The summed E-state index contributed by atoms with van der Waals surface area (Å²) in [5, 5.41) is -0.510. The molecule has 1 aromatic carbocycles. The van der Waals surface area contributed by atoms with E-state index in [4.69, 9.17) is 4.42 Å². The van der Waals surface area contributed by atoms with Crippen LogP contribution in [-0.4, -0.2) is 35.2 Å². The fourth-order valence-electron chi connectivity index (χ4n) is 2.41. The van der Waals surface area contributed by atoms with Crippen molar-refractivity contribution in [1.29, 1.82) is 0 Å². The number of carbonyl (C=O) groups is 3. The van der Waals surface area contributed by atoms with E-state index in [1.54, 1.807) is 12.1 Å². The zero-order valence-corrected chi connectivity index (χ0v) is 14.4. The first kappa shape index (κ1) is 17.0. The Morgan fingerprint density at radius 1 is 1.20 bits per heavy atom. The van der Waals surface area contributed by atoms with Crippen LogP contribution >= 0.6 is 11.8 Å². The van der Waals surface area contributed by atoms with Crippen LogP contribution in [0.25, 0.3) is 17.4 Å². The number of hydrogen-bond donors (Lipinski definition) is 0. The van der Waals surface area contributed by atoms with Crippen LogP contribution in [0.15, 0.2) is 51.8 Å². The lowest BCUT2D eigenvalue weighted by atomic mass is 10.2. The van der Waals surface area contributed by atoms with Gasteiger partial charge in [-0.2, -0.15) is 0 Å². The fraction of sp³-hybridized carbons (Fsp3) is 0.167. The van der Waals surface area contributed by atoms with Gasteiger partial charge in [0.05, 0.1) is 12.0 Å². The van der Waals surface area contributed by atoms with Gasteiger partial charge in [0.15, 0.2) is 0 Å². The molecule has 0 aliphatic carbocycles. The number of imide groups is 1. The average Bonchev–Trinajstić information content (AvgIpc) is 3.19. The normalized spacial score (nSPS) is 17.2. The highest BCUT2D eigenvalue weighted by Crippen LogP contribution is 2.34. The highest BCUT2D eigenvalue weighted by molar-refractivity contribution is 8.18. The van der Waals surface area contributed by atoms with Gasteiger partial charge in [0.1, 0.15) is 17.6 Å². The number of hydrogen-bond acceptors (Lipinski definition) is 6. The topological polar surface area (TPSA) is 76.8 Å². The molecule has 1 fully saturated rings. The second-order valence-electron chi connectivity index (χ2n) is 5.32. The highest BCUT2D eigenvalue weighted by atomic mass is 32.2. The molecule has 2 amide bonds. The molecule has 0 bridgehead atoms. The molecule has 6 nitrogen and oxygen atoms in total.